The van der Waals surface area contributed by atoms with Crippen LogP contribution in [0.3, 0.4) is 0 Å². The van der Waals surface area contributed by atoms with Crippen LogP contribution in [0.5, 0.6) is 0 Å². The number of rotatable bonds is 5. The van der Waals surface area contributed by atoms with Crippen molar-refractivity contribution in [2.75, 3.05) is 10.6 Å². The highest BCUT2D eigenvalue weighted by atomic mass is 35.5. The van der Waals surface area contributed by atoms with Gasteiger partial charge in [-0.05, 0) is 42.8 Å². The number of anilines is 2. The van der Waals surface area contributed by atoms with E-state index in [-0.39, 0.29) is 11.9 Å². The molecule has 0 bridgehead atoms. The second kappa shape index (κ2) is 9.71. The van der Waals surface area contributed by atoms with Gasteiger partial charge in [0.05, 0.1) is 11.4 Å². The molecule has 6 nitrogen and oxygen atoms in total. The molecule has 3 N–H and O–H groups in total. The number of benzene rings is 3. The van der Waals surface area contributed by atoms with E-state index in [1.54, 1.807) is 37.3 Å². The van der Waals surface area contributed by atoms with Crippen LogP contribution in [0.15, 0.2) is 90.1 Å². The smallest absolute Gasteiger partial charge is 0.323 e. The molecule has 0 aromatic heterocycles. The highest BCUT2D eigenvalue weighted by Crippen LogP contribution is 2.28. The van der Waals surface area contributed by atoms with E-state index in [1.807, 2.05) is 42.5 Å². The van der Waals surface area contributed by atoms with Crippen molar-refractivity contribution in [1.29, 1.82) is 0 Å². The fraction of sp³-hybridized carbons (Fsp3) is 0.115. The van der Waals surface area contributed by atoms with E-state index in [0.717, 1.165) is 16.7 Å². The van der Waals surface area contributed by atoms with Gasteiger partial charge in [0.15, 0.2) is 0 Å². The molecule has 0 spiro atoms. The SMILES string of the molecule is C=C(C)NC(=O)Nc1ccc(C2=NC(Cc3ccccc3)C(=O)Nc3ccc(Cl)cc32)cc1. The van der Waals surface area contributed by atoms with Crippen molar-refractivity contribution in [3.8, 4) is 0 Å². The molecule has 1 aliphatic rings. The van der Waals surface area contributed by atoms with Gasteiger partial charge in [0, 0.05) is 34.0 Å². The van der Waals surface area contributed by atoms with Crippen LogP contribution in [0.4, 0.5) is 16.2 Å². The molecule has 3 aromatic rings. The number of benzodiazepines with no additional fused rings is 1. The predicted octanol–water partition coefficient (Wildman–Crippen LogP) is 5.40. The summed E-state index contributed by atoms with van der Waals surface area (Å²) in [5.74, 6) is -0.174. The topological polar surface area (TPSA) is 82.6 Å². The second-order valence-corrected chi connectivity index (χ2v) is 8.24. The van der Waals surface area contributed by atoms with Gasteiger partial charge in [-0.1, -0.05) is 60.6 Å². The van der Waals surface area contributed by atoms with Crippen molar-refractivity contribution in [3.05, 3.63) is 107 Å². The van der Waals surface area contributed by atoms with Gasteiger partial charge in [0.1, 0.15) is 6.04 Å². The molecule has 0 saturated heterocycles. The lowest BCUT2D eigenvalue weighted by Gasteiger charge is -2.12. The first-order valence-corrected chi connectivity index (χ1v) is 10.8. The number of allylic oxidation sites excluding steroid dienone is 1. The van der Waals surface area contributed by atoms with Crippen LogP contribution >= 0.6 is 11.6 Å². The normalized spacial score (nSPS) is 14.9. The highest BCUT2D eigenvalue weighted by Gasteiger charge is 2.26. The molecular weight excluding hydrogens is 436 g/mol. The Morgan fingerprint density at radius 1 is 1.09 bits per heavy atom. The van der Waals surface area contributed by atoms with Crippen molar-refractivity contribution in [3.63, 3.8) is 0 Å². The number of halogens is 1. The lowest BCUT2D eigenvalue weighted by Crippen LogP contribution is -2.27. The molecule has 1 aliphatic heterocycles. The van der Waals surface area contributed by atoms with Crippen molar-refractivity contribution < 1.29 is 9.59 Å². The summed E-state index contributed by atoms with van der Waals surface area (Å²) < 4.78 is 0. The molecule has 0 fully saturated rings. The number of carbonyl (C=O) groups is 2. The van der Waals surface area contributed by atoms with Gasteiger partial charge in [0.25, 0.3) is 0 Å². The van der Waals surface area contributed by atoms with E-state index >= 15 is 0 Å². The summed E-state index contributed by atoms with van der Waals surface area (Å²) in [5.41, 5.74) is 5.05. The van der Waals surface area contributed by atoms with E-state index < -0.39 is 6.04 Å². The number of nitrogens with one attached hydrogen (secondary N) is 3. The summed E-state index contributed by atoms with van der Waals surface area (Å²) in [6, 6.07) is 21.4. The van der Waals surface area contributed by atoms with Gasteiger partial charge in [0.2, 0.25) is 5.91 Å². The Bertz CT molecular complexity index is 1240. The van der Waals surface area contributed by atoms with Crippen LogP contribution in [0.25, 0.3) is 0 Å². The van der Waals surface area contributed by atoms with Crippen LogP contribution < -0.4 is 16.0 Å². The average molecular weight is 459 g/mol. The van der Waals surface area contributed by atoms with E-state index in [1.165, 1.54) is 0 Å². The van der Waals surface area contributed by atoms with Gasteiger partial charge in [-0.3, -0.25) is 9.79 Å². The Morgan fingerprint density at radius 2 is 1.82 bits per heavy atom. The Kier molecular flexibility index (Phi) is 6.56. The molecule has 1 heterocycles. The predicted molar refractivity (Wildman–Crippen MR) is 133 cm³/mol. The van der Waals surface area contributed by atoms with Crippen LogP contribution in [0.2, 0.25) is 5.02 Å². The number of fused-ring (bicyclic) bond motifs is 1. The number of aliphatic imine (C=N–C) groups is 1. The van der Waals surface area contributed by atoms with Gasteiger partial charge in [-0.15, -0.1) is 0 Å². The maximum absolute atomic E-state index is 13.0. The molecule has 0 radical (unpaired) electrons. The zero-order chi connectivity index (χ0) is 23.4. The van der Waals surface area contributed by atoms with Crippen molar-refractivity contribution in [2.24, 2.45) is 4.99 Å². The molecule has 3 aromatic carbocycles. The molecule has 4 rings (SSSR count). The minimum Gasteiger partial charge on any atom is -0.324 e. The Balaban J connectivity index is 1.70. The summed E-state index contributed by atoms with van der Waals surface area (Å²) in [5, 5.41) is 8.89. The molecule has 0 aliphatic carbocycles. The maximum atomic E-state index is 13.0. The Morgan fingerprint density at radius 3 is 2.52 bits per heavy atom. The van der Waals surface area contributed by atoms with Crippen LogP contribution in [0, 0.1) is 0 Å². The lowest BCUT2D eigenvalue weighted by atomic mass is 10.00. The minimum atomic E-state index is -0.604. The zero-order valence-corrected chi connectivity index (χ0v) is 18.8. The lowest BCUT2D eigenvalue weighted by molar-refractivity contribution is -0.117. The van der Waals surface area contributed by atoms with E-state index in [9.17, 15) is 9.59 Å². The molecule has 0 saturated carbocycles. The largest absolute Gasteiger partial charge is 0.324 e. The summed E-state index contributed by atoms with van der Waals surface area (Å²) in [6.07, 6.45) is 0.471. The summed E-state index contributed by atoms with van der Waals surface area (Å²) in [7, 11) is 0. The molecule has 1 atom stereocenters. The van der Waals surface area contributed by atoms with E-state index in [2.05, 4.69) is 22.5 Å². The number of amides is 3. The van der Waals surface area contributed by atoms with Crippen LogP contribution in [-0.2, 0) is 11.2 Å². The van der Waals surface area contributed by atoms with Gasteiger partial charge in [-0.2, -0.15) is 0 Å². The molecule has 7 heteroatoms. The summed E-state index contributed by atoms with van der Waals surface area (Å²) in [4.78, 5) is 29.8. The number of hydrogen-bond donors (Lipinski definition) is 3. The third kappa shape index (κ3) is 5.48. The van der Waals surface area contributed by atoms with Gasteiger partial charge < -0.3 is 16.0 Å². The summed E-state index contributed by atoms with van der Waals surface area (Å²) in [6.45, 7) is 5.37. The van der Waals surface area contributed by atoms with Gasteiger partial charge >= 0.3 is 6.03 Å². The van der Waals surface area contributed by atoms with Gasteiger partial charge in [-0.25, -0.2) is 4.79 Å². The quantitative estimate of drug-likeness (QED) is 0.478. The monoisotopic (exact) mass is 458 g/mol. The van der Waals surface area contributed by atoms with Crippen molar-refractivity contribution in [1.82, 2.24) is 5.32 Å². The molecular formula is C26H23ClN4O2. The minimum absolute atomic E-state index is 0.174. The van der Waals surface area contributed by atoms with E-state index in [0.29, 0.717) is 34.2 Å². The first-order chi connectivity index (χ1) is 15.9. The zero-order valence-electron chi connectivity index (χ0n) is 18.1. The maximum Gasteiger partial charge on any atom is 0.323 e. The standard InChI is InChI=1S/C26H23ClN4O2/c1-16(2)28-26(33)29-20-11-8-18(9-12-20)24-21-15-19(27)10-13-22(21)31-25(32)23(30-24)14-17-6-4-3-5-7-17/h3-13,15,23H,1,14H2,2H3,(H,31,32)(H2,28,29,33). The number of urea groups is 1. The average Bonchev–Trinajstić information content (AvgIpc) is 2.91. The third-order valence-electron chi connectivity index (χ3n) is 5.10. The molecule has 3 amide bonds. The fourth-order valence-electron chi connectivity index (χ4n) is 3.59. The van der Waals surface area contributed by atoms with Crippen LogP contribution in [-0.4, -0.2) is 23.7 Å². The number of nitrogens with zero attached hydrogens (tertiary/aromatic N) is 1. The molecule has 33 heavy (non-hydrogen) atoms. The van der Waals surface area contributed by atoms with E-state index in [4.69, 9.17) is 16.6 Å². The first-order valence-electron chi connectivity index (χ1n) is 10.5. The first kappa shape index (κ1) is 22.3. The molecule has 166 valence electrons. The fourth-order valence-corrected chi connectivity index (χ4v) is 3.77. The van der Waals surface area contributed by atoms with Crippen LogP contribution in [0.1, 0.15) is 23.6 Å². The number of carbonyl (C=O) groups excluding carboxylic acids is 2. The third-order valence-corrected chi connectivity index (χ3v) is 5.33. The Labute approximate surface area is 197 Å². The number of hydrogen-bond acceptors (Lipinski definition) is 3. The highest BCUT2D eigenvalue weighted by molar-refractivity contribution is 6.32. The molecule has 1 unspecified atom stereocenters. The second-order valence-electron chi connectivity index (χ2n) is 7.80. The Hall–Kier alpha value is -3.90. The van der Waals surface area contributed by atoms with Crippen molar-refractivity contribution in [2.45, 2.75) is 19.4 Å². The van der Waals surface area contributed by atoms with Crippen molar-refractivity contribution >= 4 is 40.6 Å². The summed E-state index contributed by atoms with van der Waals surface area (Å²) >= 11 is 6.28.